The largest absolute Gasteiger partial charge is 0.497 e. The van der Waals surface area contributed by atoms with Crippen molar-refractivity contribution >= 4 is 23.2 Å². The highest BCUT2D eigenvalue weighted by atomic mass is 16.5. The Bertz CT molecular complexity index is 1210. The van der Waals surface area contributed by atoms with Crippen molar-refractivity contribution in [3.8, 4) is 17.0 Å². The molecular weight excluding hydrogens is 372 g/mol. The Morgan fingerprint density at radius 1 is 1.14 bits per heavy atom. The van der Waals surface area contributed by atoms with Gasteiger partial charge in [-0.15, -0.1) is 0 Å². The summed E-state index contributed by atoms with van der Waals surface area (Å²) in [5.74, 6) is 0.911. The standard InChI is InChI=1S/C21H18N4O4/c1-28-15-5-2-13(3-6-15)8-9-22-19-11-17(23-20(12-26)25-19)14-4-7-16-18(10-14)29-21(27)24-16/h2-7,10-12H,8-9H2,1H3,(H,24,27)(H,22,23,25). The lowest BCUT2D eigenvalue weighted by molar-refractivity contribution is 0.111. The molecule has 0 atom stereocenters. The lowest BCUT2D eigenvalue weighted by atomic mass is 10.1. The maximum atomic E-state index is 11.4. The molecule has 29 heavy (non-hydrogen) atoms. The first kappa shape index (κ1) is 18.4. The van der Waals surface area contributed by atoms with E-state index in [1.165, 1.54) is 0 Å². The molecule has 0 aliphatic heterocycles. The molecule has 0 radical (unpaired) electrons. The van der Waals surface area contributed by atoms with Crippen LogP contribution in [0.2, 0.25) is 0 Å². The van der Waals surface area contributed by atoms with Crippen molar-refractivity contribution in [2.24, 2.45) is 0 Å². The summed E-state index contributed by atoms with van der Waals surface area (Å²) < 4.78 is 10.3. The van der Waals surface area contributed by atoms with Crippen LogP contribution in [0.25, 0.3) is 22.4 Å². The SMILES string of the molecule is COc1ccc(CCNc2cc(-c3ccc4[nH]c(=O)oc4c3)nc(C=O)n2)cc1. The number of benzene rings is 2. The number of aldehydes is 1. The van der Waals surface area contributed by atoms with E-state index in [-0.39, 0.29) is 5.82 Å². The van der Waals surface area contributed by atoms with Gasteiger partial charge in [0.25, 0.3) is 0 Å². The van der Waals surface area contributed by atoms with Gasteiger partial charge in [-0.05, 0) is 36.2 Å². The molecule has 2 N–H and O–H groups in total. The molecule has 4 aromatic rings. The highest BCUT2D eigenvalue weighted by molar-refractivity contribution is 5.80. The van der Waals surface area contributed by atoms with Gasteiger partial charge in [0.05, 0.1) is 18.3 Å². The van der Waals surface area contributed by atoms with Gasteiger partial charge in [-0.3, -0.25) is 9.78 Å². The summed E-state index contributed by atoms with van der Waals surface area (Å²) in [5, 5.41) is 3.23. The number of aromatic amines is 1. The summed E-state index contributed by atoms with van der Waals surface area (Å²) in [4.78, 5) is 33.7. The zero-order chi connectivity index (χ0) is 20.2. The number of H-pyrrole nitrogens is 1. The highest BCUT2D eigenvalue weighted by Crippen LogP contribution is 2.23. The number of carbonyl (C=O) groups is 1. The number of carbonyl (C=O) groups excluding carboxylic acids is 1. The summed E-state index contributed by atoms with van der Waals surface area (Å²) in [5.41, 5.74) is 3.44. The average Bonchev–Trinajstić information content (AvgIpc) is 3.13. The van der Waals surface area contributed by atoms with Crippen LogP contribution in [-0.2, 0) is 6.42 Å². The number of hydrogen-bond acceptors (Lipinski definition) is 7. The molecule has 146 valence electrons. The first-order chi connectivity index (χ1) is 14.1. The van der Waals surface area contributed by atoms with Crippen molar-refractivity contribution in [1.29, 1.82) is 0 Å². The third kappa shape index (κ3) is 4.16. The van der Waals surface area contributed by atoms with Gasteiger partial charge < -0.3 is 14.5 Å². The van der Waals surface area contributed by atoms with Crippen molar-refractivity contribution < 1.29 is 13.9 Å². The normalized spacial score (nSPS) is 10.8. The molecular formula is C21H18N4O4. The Morgan fingerprint density at radius 2 is 1.97 bits per heavy atom. The Balaban J connectivity index is 1.53. The second-order valence-corrected chi connectivity index (χ2v) is 6.36. The van der Waals surface area contributed by atoms with Crippen LogP contribution in [0.3, 0.4) is 0 Å². The Kier molecular flexibility index (Phi) is 5.07. The van der Waals surface area contributed by atoms with Gasteiger partial charge in [-0.2, -0.15) is 0 Å². The van der Waals surface area contributed by atoms with E-state index in [0.717, 1.165) is 17.7 Å². The van der Waals surface area contributed by atoms with E-state index in [1.807, 2.05) is 24.3 Å². The lowest BCUT2D eigenvalue weighted by Crippen LogP contribution is -2.08. The molecule has 0 amide bonds. The van der Waals surface area contributed by atoms with Crippen LogP contribution in [0.5, 0.6) is 5.75 Å². The van der Waals surface area contributed by atoms with E-state index in [0.29, 0.717) is 41.0 Å². The molecule has 2 aromatic heterocycles. The van der Waals surface area contributed by atoms with E-state index in [9.17, 15) is 9.59 Å². The molecule has 0 unspecified atom stereocenters. The molecule has 8 heteroatoms. The van der Waals surface area contributed by atoms with Crippen LogP contribution in [0, 0.1) is 0 Å². The van der Waals surface area contributed by atoms with Crippen LogP contribution >= 0.6 is 0 Å². The predicted molar refractivity (Wildman–Crippen MR) is 108 cm³/mol. The molecule has 0 aliphatic rings. The van der Waals surface area contributed by atoms with Crippen LogP contribution in [0.15, 0.2) is 57.7 Å². The van der Waals surface area contributed by atoms with Crippen molar-refractivity contribution in [3.63, 3.8) is 0 Å². The van der Waals surface area contributed by atoms with Gasteiger partial charge in [-0.1, -0.05) is 18.2 Å². The summed E-state index contributed by atoms with van der Waals surface area (Å²) in [6.45, 7) is 0.632. The second kappa shape index (κ2) is 7.97. The maximum Gasteiger partial charge on any atom is 0.417 e. The number of nitrogens with zero attached hydrogens (tertiary/aromatic N) is 2. The third-order valence-electron chi connectivity index (χ3n) is 4.44. The first-order valence-electron chi connectivity index (χ1n) is 8.99. The van der Waals surface area contributed by atoms with Crippen molar-refractivity contribution in [1.82, 2.24) is 15.0 Å². The van der Waals surface area contributed by atoms with E-state index >= 15 is 0 Å². The zero-order valence-corrected chi connectivity index (χ0v) is 15.6. The smallest absolute Gasteiger partial charge is 0.417 e. The molecule has 4 rings (SSSR count). The van der Waals surface area contributed by atoms with Gasteiger partial charge >= 0.3 is 5.76 Å². The number of fused-ring (bicyclic) bond motifs is 1. The van der Waals surface area contributed by atoms with Crippen LogP contribution in [-0.4, -0.2) is 34.9 Å². The van der Waals surface area contributed by atoms with E-state index in [2.05, 4.69) is 20.3 Å². The zero-order valence-electron chi connectivity index (χ0n) is 15.6. The molecule has 0 saturated heterocycles. The predicted octanol–water partition coefficient (Wildman–Crippen LogP) is 3.05. The Morgan fingerprint density at radius 3 is 2.72 bits per heavy atom. The Hall–Kier alpha value is -3.94. The molecule has 2 aromatic carbocycles. The summed E-state index contributed by atoms with van der Waals surface area (Å²) in [6.07, 6.45) is 1.38. The monoisotopic (exact) mass is 390 g/mol. The number of ether oxygens (including phenoxy) is 1. The van der Waals surface area contributed by atoms with Crippen molar-refractivity contribution in [2.45, 2.75) is 6.42 Å². The van der Waals surface area contributed by atoms with Gasteiger partial charge in [-0.25, -0.2) is 14.8 Å². The van der Waals surface area contributed by atoms with Gasteiger partial charge in [0, 0.05) is 18.2 Å². The summed E-state index contributed by atoms with van der Waals surface area (Å²) in [7, 11) is 1.63. The van der Waals surface area contributed by atoms with Crippen LogP contribution < -0.4 is 15.8 Å². The minimum absolute atomic E-state index is 0.0741. The van der Waals surface area contributed by atoms with E-state index in [1.54, 1.807) is 31.4 Å². The second-order valence-electron chi connectivity index (χ2n) is 6.36. The number of aromatic nitrogens is 3. The van der Waals surface area contributed by atoms with E-state index in [4.69, 9.17) is 9.15 Å². The molecule has 8 nitrogen and oxygen atoms in total. The van der Waals surface area contributed by atoms with Gasteiger partial charge in [0.15, 0.2) is 17.7 Å². The highest BCUT2D eigenvalue weighted by Gasteiger charge is 2.09. The fourth-order valence-corrected chi connectivity index (χ4v) is 2.99. The molecule has 0 aliphatic carbocycles. The first-order valence-corrected chi connectivity index (χ1v) is 8.99. The number of nitrogens with one attached hydrogen (secondary N) is 2. The lowest BCUT2D eigenvalue weighted by Gasteiger charge is -2.09. The quantitative estimate of drug-likeness (QED) is 0.467. The molecule has 0 fully saturated rings. The number of rotatable bonds is 7. The van der Waals surface area contributed by atoms with E-state index < -0.39 is 5.76 Å². The number of methoxy groups -OCH3 is 1. The maximum absolute atomic E-state index is 11.4. The Labute approximate surface area is 165 Å². The minimum Gasteiger partial charge on any atom is -0.497 e. The fourth-order valence-electron chi connectivity index (χ4n) is 2.99. The van der Waals surface area contributed by atoms with Crippen molar-refractivity contribution in [2.75, 3.05) is 19.0 Å². The third-order valence-corrected chi connectivity index (χ3v) is 4.44. The van der Waals surface area contributed by atoms with Gasteiger partial charge in [0.1, 0.15) is 11.6 Å². The minimum atomic E-state index is -0.519. The number of hydrogen-bond donors (Lipinski definition) is 2. The van der Waals surface area contributed by atoms with Gasteiger partial charge in [0.2, 0.25) is 0 Å². The fraction of sp³-hybridized carbons (Fsp3) is 0.143. The number of anilines is 1. The number of oxazole rings is 1. The van der Waals surface area contributed by atoms with Crippen LogP contribution in [0.1, 0.15) is 16.2 Å². The summed E-state index contributed by atoms with van der Waals surface area (Å²) in [6, 6.07) is 14.8. The molecule has 2 heterocycles. The molecule has 0 bridgehead atoms. The summed E-state index contributed by atoms with van der Waals surface area (Å²) >= 11 is 0. The topological polar surface area (TPSA) is 110 Å². The molecule has 0 saturated carbocycles. The molecule has 0 spiro atoms. The van der Waals surface area contributed by atoms with Crippen LogP contribution in [0.4, 0.5) is 5.82 Å². The van der Waals surface area contributed by atoms with Crippen molar-refractivity contribution in [3.05, 3.63) is 70.5 Å². The average molecular weight is 390 g/mol.